The quantitative estimate of drug-likeness (QED) is 0.200. The lowest BCUT2D eigenvalue weighted by Crippen LogP contribution is -2.52. The van der Waals surface area contributed by atoms with E-state index in [9.17, 15) is 15.4 Å². The van der Waals surface area contributed by atoms with Crippen molar-refractivity contribution in [3.63, 3.8) is 0 Å². The highest BCUT2D eigenvalue weighted by Crippen LogP contribution is 2.38. The normalized spacial score (nSPS) is 26.6. The Balaban J connectivity index is 1.07. The van der Waals surface area contributed by atoms with Gasteiger partial charge in [-0.15, -0.1) is 0 Å². The summed E-state index contributed by atoms with van der Waals surface area (Å²) in [6.45, 7) is 11.4. The van der Waals surface area contributed by atoms with E-state index in [1.54, 1.807) is 0 Å². The molecule has 1 saturated carbocycles. The molecular formula is C30H42N8O4. The van der Waals surface area contributed by atoms with Crippen LogP contribution in [-0.2, 0) is 16.6 Å². The maximum absolute atomic E-state index is 10.9. The monoisotopic (exact) mass is 578 g/mol. The smallest absolute Gasteiger partial charge is 0.183 e. The van der Waals surface area contributed by atoms with E-state index in [0.29, 0.717) is 18.5 Å². The van der Waals surface area contributed by atoms with Crippen molar-refractivity contribution in [1.29, 1.82) is 5.41 Å². The van der Waals surface area contributed by atoms with Crippen molar-refractivity contribution in [2.24, 2.45) is 5.92 Å². The highest BCUT2D eigenvalue weighted by molar-refractivity contribution is 5.76. The first-order chi connectivity index (χ1) is 19.9. The van der Waals surface area contributed by atoms with Crippen LogP contribution in [0.4, 0.5) is 0 Å². The molecule has 12 nitrogen and oxygen atoms in total. The molecule has 42 heavy (non-hydrogen) atoms. The number of aliphatic hydroxyl groups excluding tert-OH is 2. The molecule has 6 rings (SSSR count). The lowest BCUT2D eigenvalue weighted by atomic mass is 9.76. The second kappa shape index (κ2) is 10.7. The number of aromatic nitrogens is 6. The number of ether oxygens (including phenoxy) is 1. The summed E-state index contributed by atoms with van der Waals surface area (Å²) in [5.74, 6) is 1.64. The summed E-state index contributed by atoms with van der Waals surface area (Å²) in [5, 5.41) is 40.1. The van der Waals surface area contributed by atoms with Gasteiger partial charge in [0.1, 0.15) is 30.5 Å². The molecule has 2 aliphatic rings. The molecule has 1 aliphatic heterocycles. The molecule has 2 fully saturated rings. The third kappa shape index (κ3) is 5.21. The second-order valence-electron chi connectivity index (χ2n) is 13.3. The van der Waals surface area contributed by atoms with Gasteiger partial charge in [-0.25, -0.2) is 15.0 Å². The standard InChI is InChI=1S/C30H42N8O4/c1-16(2)36(13-22-25(39)26(40)29(42-22)37-14-32-24-27(31)33-15-38(41)28(24)37)19-10-17(11-19)6-9-23-34-20-8-7-18(30(3,4)5)12-21(20)35-23/h7-8,12,14-17,19,22,25-26,29,31,39-41H,6,9-11,13H2,1-5H3,(H,34,35). The summed E-state index contributed by atoms with van der Waals surface area (Å²) in [6.07, 6.45) is 2.69. The highest BCUT2D eigenvalue weighted by atomic mass is 16.6. The molecule has 4 heterocycles. The van der Waals surface area contributed by atoms with E-state index < -0.39 is 24.5 Å². The number of benzene rings is 1. The Morgan fingerprint density at radius 2 is 1.90 bits per heavy atom. The van der Waals surface area contributed by atoms with Crippen LogP contribution in [0, 0.1) is 11.3 Å². The number of aryl methyl sites for hydroxylation is 1. The van der Waals surface area contributed by atoms with Crippen LogP contribution in [0.5, 0.6) is 0 Å². The predicted octanol–water partition coefficient (Wildman–Crippen LogP) is 2.86. The fourth-order valence-electron chi connectivity index (χ4n) is 6.46. The number of nitrogens with one attached hydrogen (secondary N) is 2. The van der Waals surface area contributed by atoms with E-state index in [1.165, 1.54) is 16.5 Å². The summed E-state index contributed by atoms with van der Waals surface area (Å²) < 4.78 is 8.38. The number of hydrogen-bond acceptors (Lipinski definition) is 9. The minimum absolute atomic E-state index is 0.0980. The maximum Gasteiger partial charge on any atom is 0.183 e. The van der Waals surface area contributed by atoms with Crippen molar-refractivity contribution < 1.29 is 20.2 Å². The first-order valence-corrected chi connectivity index (χ1v) is 14.8. The van der Waals surface area contributed by atoms with Crippen molar-refractivity contribution >= 4 is 22.2 Å². The second-order valence-corrected chi connectivity index (χ2v) is 13.3. The van der Waals surface area contributed by atoms with Gasteiger partial charge >= 0.3 is 0 Å². The molecule has 4 unspecified atom stereocenters. The molecule has 0 spiro atoms. The number of aromatic amines is 1. The fourth-order valence-corrected chi connectivity index (χ4v) is 6.46. The van der Waals surface area contributed by atoms with Crippen LogP contribution < -0.4 is 5.49 Å². The molecule has 4 atom stereocenters. The molecule has 0 bridgehead atoms. The third-order valence-electron chi connectivity index (χ3n) is 9.04. The largest absolute Gasteiger partial charge is 0.425 e. The number of imidazole rings is 2. The van der Waals surface area contributed by atoms with Gasteiger partial charge in [-0.3, -0.25) is 14.9 Å². The Hall–Kier alpha value is -3.32. The number of nitrogens with zero attached hydrogens (tertiary/aromatic N) is 6. The van der Waals surface area contributed by atoms with Crippen LogP contribution in [0.25, 0.3) is 22.2 Å². The minimum atomic E-state index is -1.22. The zero-order valence-electron chi connectivity index (χ0n) is 24.9. The lowest BCUT2D eigenvalue weighted by molar-refractivity contribution is -0.0627. The van der Waals surface area contributed by atoms with E-state index in [4.69, 9.17) is 15.1 Å². The number of hydrogen-bond donors (Lipinski definition) is 5. The molecule has 0 amide bonds. The molecule has 226 valence electrons. The molecule has 1 aromatic carbocycles. The number of aliphatic hydroxyl groups is 2. The zero-order valence-corrected chi connectivity index (χ0v) is 24.9. The van der Waals surface area contributed by atoms with Gasteiger partial charge in [0.2, 0.25) is 0 Å². The van der Waals surface area contributed by atoms with Crippen LogP contribution in [-0.4, -0.2) is 86.5 Å². The van der Waals surface area contributed by atoms with Gasteiger partial charge in [0.15, 0.2) is 22.9 Å². The van der Waals surface area contributed by atoms with Gasteiger partial charge in [0.05, 0.1) is 17.4 Å². The van der Waals surface area contributed by atoms with Crippen LogP contribution in [0.3, 0.4) is 0 Å². The molecule has 5 N–H and O–H groups in total. The van der Waals surface area contributed by atoms with Crippen molar-refractivity contribution in [1.82, 2.24) is 34.1 Å². The van der Waals surface area contributed by atoms with E-state index in [1.807, 2.05) is 0 Å². The predicted molar refractivity (Wildman–Crippen MR) is 156 cm³/mol. The Kier molecular flexibility index (Phi) is 7.37. The van der Waals surface area contributed by atoms with Gasteiger partial charge in [0, 0.05) is 25.0 Å². The SMILES string of the molecule is CC(C)N(CC1OC(n2cnc3c(=N)ncn(O)c32)C(O)C1O)C1CC(CCc2nc3ccc(C(C)(C)C)cc3[nH]2)C1. The van der Waals surface area contributed by atoms with Gasteiger partial charge in [-0.05, 0) is 62.1 Å². The molecular weight excluding hydrogens is 536 g/mol. The number of H-pyrrole nitrogens is 1. The van der Waals surface area contributed by atoms with Crippen LogP contribution in [0.2, 0.25) is 0 Å². The number of fused-ring (bicyclic) bond motifs is 2. The molecule has 1 saturated heterocycles. The molecule has 1 aliphatic carbocycles. The fraction of sp³-hybridized carbons (Fsp3) is 0.600. The van der Waals surface area contributed by atoms with Crippen LogP contribution in [0.1, 0.15) is 71.5 Å². The Morgan fingerprint density at radius 1 is 1.14 bits per heavy atom. The van der Waals surface area contributed by atoms with Gasteiger partial charge in [0.25, 0.3) is 0 Å². The molecule has 12 heteroatoms. The molecule has 4 aromatic rings. The number of rotatable bonds is 8. The van der Waals surface area contributed by atoms with Crippen molar-refractivity contribution in [3.8, 4) is 0 Å². The topological polar surface area (TPSA) is 161 Å². The summed E-state index contributed by atoms with van der Waals surface area (Å²) in [5.41, 5.74) is 3.76. The van der Waals surface area contributed by atoms with Crippen LogP contribution in [0.15, 0.2) is 30.9 Å². The Morgan fingerprint density at radius 3 is 2.62 bits per heavy atom. The van der Waals surface area contributed by atoms with E-state index >= 15 is 0 Å². The summed E-state index contributed by atoms with van der Waals surface area (Å²) >= 11 is 0. The Labute approximate surface area is 244 Å². The van der Waals surface area contributed by atoms with Gasteiger partial charge < -0.3 is 25.1 Å². The average molecular weight is 579 g/mol. The van der Waals surface area contributed by atoms with Crippen molar-refractivity contribution in [3.05, 3.63) is 47.7 Å². The minimum Gasteiger partial charge on any atom is -0.425 e. The summed E-state index contributed by atoms with van der Waals surface area (Å²) in [6, 6.07) is 7.10. The first-order valence-electron chi connectivity index (χ1n) is 14.8. The molecule has 0 radical (unpaired) electrons. The molecule has 3 aromatic heterocycles. The van der Waals surface area contributed by atoms with Crippen molar-refractivity contribution in [2.75, 3.05) is 6.54 Å². The van der Waals surface area contributed by atoms with Crippen LogP contribution >= 0.6 is 0 Å². The zero-order chi connectivity index (χ0) is 29.9. The maximum atomic E-state index is 10.9. The average Bonchev–Trinajstić information content (AvgIpc) is 3.60. The first kappa shape index (κ1) is 28.8. The summed E-state index contributed by atoms with van der Waals surface area (Å²) in [4.78, 5) is 18.7. The summed E-state index contributed by atoms with van der Waals surface area (Å²) in [7, 11) is 0. The van der Waals surface area contributed by atoms with E-state index in [0.717, 1.165) is 53.6 Å². The van der Waals surface area contributed by atoms with Crippen molar-refractivity contribution in [2.45, 2.75) is 102 Å². The van der Waals surface area contributed by atoms with E-state index in [2.05, 4.69) is 72.7 Å². The lowest BCUT2D eigenvalue weighted by Gasteiger charge is -2.46. The van der Waals surface area contributed by atoms with Gasteiger partial charge in [-0.2, -0.15) is 4.73 Å². The van der Waals surface area contributed by atoms with Gasteiger partial charge in [-0.1, -0.05) is 26.8 Å². The highest BCUT2D eigenvalue weighted by Gasteiger charge is 2.46. The Bertz CT molecular complexity index is 1630. The third-order valence-corrected chi connectivity index (χ3v) is 9.04. The van der Waals surface area contributed by atoms with E-state index in [-0.39, 0.29) is 28.1 Å².